The Hall–Kier alpha value is -3.78. The summed E-state index contributed by atoms with van der Waals surface area (Å²) < 4.78 is 11.0. The number of hydrazone groups is 1. The number of benzene rings is 3. The normalized spacial score (nSPS) is 10.7. The number of methoxy groups -OCH3 is 1. The molecule has 0 unspecified atom stereocenters. The summed E-state index contributed by atoms with van der Waals surface area (Å²) in [6, 6.07) is 21.3. The van der Waals surface area contributed by atoms with Crippen LogP contribution >= 0.6 is 11.8 Å². The molecule has 32 heavy (non-hydrogen) atoms. The minimum Gasteiger partial charge on any atom is -0.497 e. The summed E-state index contributed by atoms with van der Waals surface area (Å²) >= 11 is 1.40. The zero-order valence-electron chi connectivity index (χ0n) is 17.4. The second-order valence-corrected chi connectivity index (χ2v) is 7.63. The molecule has 0 bridgehead atoms. The van der Waals surface area contributed by atoms with E-state index in [-0.39, 0.29) is 23.8 Å². The third-order valence-electron chi connectivity index (χ3n) is 4.34. The summed E-state index contributed by atoms with van der Waals surface area (Å²) in [5.74, 6) is 0.401. The van der Waals surface area contributed by atoms with Gasteiger partial charge in [-0.05, 0) is 54.1 Å². The third-order valence-corrected chi connectivity index (χ3v) is 5.35. The van der Waals surface area contributed by atoms with Crippen molar-refractivity contribution in [1.29, 1.82) is 0 Å². The molecule has 0 saturated carbocycles. The molecule has 0 radical (unpaired) electrons. The van der Waals surface area contributed by atoms with Gasteiger partial charge in [0.2, 0.25) is 5.91 Å². The number of rotatable bonds is 10. The van der Waals surface area contributed by atoms with Gasteiger partial charge in [0.1, 0.15) is 18.1 Å². The SMILES string of the molecule is COc1ccc(SCC(=O)N/N=C/c2ccccc2OCc2ccc(C(=O)O)cc2)cc1. The van der Waals surface area contributed by atoms with Crippen molar-refractivity contribution < 1.29 is 24.2 Å². The highest BCUT2D eigenvalue weighted by molar-refractivity contribution is 8.00. The van der Waals surface area contributed by atoms with E-state index in [1.165, 1.54) is 30.1 Å². The Balaban J connectivity index is 1.50. The van der Waals surface area contributed by atoms with E-state index in [4.69, 9.17) is 14.6 Å². The van der Waals surface area contributed by atoms with Gasteiger partial charge in [-0.25, -0.2) is 10.2 Å². The first-order valence-electron chi connectivity index (χ1n) is 9.68. The number of hydrogen-bond donors (Lipinski definition) is 2. The van der Waals surface area contributed by atoms with E-state index < -0.39 is 5.97 Å². The Morgan fingerprint density at radius 1 is 1.03 bits per heavy atom. The van der Waals surface area contributed by atoms with Crippen LogP contribution < -0.4 is 14.9 Å². The zero-order chi connectivity index (χ0) is 22.8. The fraction of sp³-hybridized carbons (Fsp3) is 0.125. The average Bonchev–Trinajstić information content (AvgIpc) is 2.82. The number of hydrogen-bond acceptors (Lipinski definition) is 6. The highest BCUT2D eigenvalue weighted by atomic mass is 32.2. The molecule has 0 fully saturated rings. The minimum absolute atomic E-state index is 0.223. The Morgan fingerprint density at radius 2 is 1.75 bits per heavy atom. The van der Waals surface area contributed by atoms with Crippen LogP contribution in [0.25, 0.3) is 0 Å². The molecule has 2 N–H and O–H groups in total. The number of carboxylic acid groups (broad SMARTS) is 1. The molecule has 8 heteroatoms. The van der Waals surface area contributed by atoms with Crippen molar-refractivity contribution in [3.8, 4) is 11.5 Å². The van der Waals surface area contributed by atoms with Gasteiger partial charge in [-0.1, -0.05) is 24.3 Å². The molecule has 0 aliphatic heterocycles. The molecule has 3 rings (SSSR count). The lowest BCUT2D eigenvalue weighted by atomic mass is 10.1. The number of para-hydroxylation sites is 1. The number of aromatic carboxylic acids is 1. The topological polar surface area (TPSA) is 97.2 Å². The monoisotopic (exact) mass is 450 g/mol. The van der Waals surface area contributed by atoms with Crippen LogP contribution in [0.4, 0.5) is 0 Å². The van der Waals surface area contributed by atoms with Crippen LogP contribution in [0.3, 0.4) is 0 Å². The van der Waals surface area contributed by atoms with Crippen molar-refractivity contribution in [2.75, 3.05) is 12.9 Å². The number of carboxylic acids is 1. The van der Waals surface area contributed by atoms with Gasteiger partial charge in [-0.15, -0.1) is 11.8 Å². The quantitative estimate of drug-likeness (QED) is 0.273. The van der Waals surface area contributed by atoms with E-state index >= 15 is 0 Å². The van der Waals surface area contributed by atoms with Crippen molar-refractivity contribution in [2.24, 2.45) is 5.10 Å². The molecule has 0 aliphatic carbocycles. The van der Waals surface area contributed by atoms with Gasteiger partial charge in [0.05, 0.1) is 24.6 Å². The molecule has 7 nitrogen and oxygen atoms in total. The molecule has 0 aliphatic rings. The second kappa shape index (κ2) is 11.6. The number of nitrogens with one attached hydrogen (secondary N) is 1. The molecule has 0 spiro atoms. The highest BCUT2D eigenvalue weighted by Crippen LogP contribution is 2.21. The van der Waals surface area contributed by atoms with E-state index in [0.29, 0.717) is 11.3 Å². The molecule has 1 amide bonds. The molecule has 3 aromatic rings. The summed E-state index contributed by atoms with van der Waals surface area (Å²) in [4.78, 5) is 24.0. The minimum atomic E-state index is -0.969. The van der Waals surface area contributed by atoms with Crippen LogP contribution in [0.2, 0.25) is 0 Å². The largest absolute Gasteiger partial charge is 0.497 e. The first-order chi connectivity index (χ1) is 15.5. The molecule has 0 aromatic heterocycles. The van der Waals surface area contributed by atoms with Gasteiger partial charge in [0.25, 0.3) is 0 Å². The Bertz CT molecular complexity index is 1080. The molecule has 0 saturated heterocycles. The Kier molecular flexibility index (Phi) is 8.28. The predicted octanol–water partition coefficient (Wildman–Crippen LogP) is 4.21. The number of carbonyl (C=O) groups is 2. The van der Waals surface area contributed by atoms with Crippen LogP contribution in [-0.2, 0) is 11.4 Å². The molecular formula is C24H22N2O5S. The van der Waals surface area contributed by atoms with Gasteiger partial charge >= 0.3 is 5.97 Å². The van der Waals surface area contributed by atoms with Crippen LogP contribution in [0.1, 0.15) is 21.5 Å². The van der Waals surface area contributed by atoms with Crippen molar-refractivity contribution in [2.45, 2.75) is 11.5 Å². The fourth-order valence-electron chi connectivity index (χ4n) is 2.65. The van der Waals surface area contributed by atoms with E-state index in [9.17, 15) is 9.59 Å². The first-order valence-corrected chi connectivity index (χ1v) is 10.7. The lowest BCUT2D eigenvalue weighted by molar-refractivity contribution is -0.118. The number of thioether (sulfide) groups is 1. The molecule has 0 atom stereocenters. The number of amides is 1. The van der Waals surface area contributed by atoms with E-state index in [2.05, 4.69) is 10.5 Å². The summed E-state index contributed by atoms with van der Waals surface area (Å²) in [6.07, 6.45) is 1.53. The third kappa shape index (κ3) is 6.88. The van der Waals surface area contributed by atoms with Gasteiger partial charge < -0.3 is 14.6 Å². The first kappa shape index (κ1) is 22.9. The summed E-state index contributed by atoms with van der Waals surface area (Å²) in [5.41, 5.74) is 4.28. The average molecular weight is 451 g/mol. The molecule has 3 aromatic carbocycles. The van der Waals surface area contributed by atoms with Crippen molar-refractivity contribution in [3.63, 3.8) is 0 Å². The number of nitrogens with zero attached hydrogens (tertiary/aromatic N) is 1. The van der Waals surface area contributed by atoms with Crippen LogP contribution in [0, 0.1) is 0 Å². The molecule has 0 heterocycles. The number of ether oxygens (including phenoxy) is 2. The standard InChI is InChI=1S/C24H22N2O5S/c1-30-20-10-12-21(13-11-20)32-16-23(27)26-25-14-19-4-2-3-5-22(19)31-15-17-6-8-18(9-7-17)24(28)29/h2-14H,15-16H2,1H3,(H,26,27)(H,28,29)/b25-14+. The molecular weight excluding hydrogens is 428 g/mol. The maximum Gasteiger partial charge on any atom is 0.335 e. The van der Waals surface area contributed by atoms with Gasteiger partial charge in [-0.2, -0.15) is 5.10 Å². The summed E-state index contributed by atoms with van der Waals surface area (Å²) in [5, 5.41) is 13.0. The van der Waals surface area contributed by atoms with Crippen LogP contribution in [0.15, 0.2) is 82.8 Å². The van der Waals surface area contributed by atoms with Crippen molar-refractivity contribution >= 4 is 29.9 Å². The zero-order valence-corrected chi connectivity index (χ0v) is 18.2. The predicted molar refractivity (Wildman–Crippen MR) is 124 cm³/mol. The highest BCUT2D eigenvalue weighted by Gasteiger charge is 2.05. The maximum atomic E-state index is 12.1. The summed E-state index contributed by atoms with van der Waals surface area (Å²) in [7, 11) is 1.61. The second-order valence-electron chi connectivity index (χ2n) is 6.59. The van der Waals surface area contributed by atoms with Gasteiger partial charge in [0, 0.05) is 10.5 Å². The molecule has 164 valence electrons. The van der Waals surface area contributed by atoms with Crippen molar-refractivity contribution in [3.05, 3.63) is 89.5 Å². The van der Waals surface area contributed by atoms with E-state index in [1.54, 1.807) is 25.3 Å². The maximum absolute atomic E-state index is 12.1. The lowest BCUT2D eigenvalue weighted by Crippen LogP contribution is -2.19. The van der Waals surface area contributed by atoms with E-state index in [1.807, 2.05) is 42.5 Å². The van der Waals surface area contributed by atoms with Crippen molar-refractivity contribution in [1.82, 2.24) is 5.43 Å². The Labute approximate surface area is 190 Å². The van der Waals surface area contributed by atoms with Gasteiger partial charge in [0.15, 0.2) is 0 Å². The van der Waals surface area contributed by atoms with Crippen LogP contribution in [0.5, 0.6) is 11.5 Å². The number of carbonyl (C=O) groups excluding carboxylic acids is 1. The summed E-state index contributed by atoms with van der Waals surface area (Å²) in [6.45, 7) is 0.273. The fourth-order valence-corrected chi connectivity index (χ4v) is 3.34. The van der Waals surface area contributed by atoms with E-state index in [0.717, 1.165) is 16.2 Å². The Morgan fingerprint density at radius 3 is 2.44 bits per heavy atom. The van der Waals surface area contributed by atoms with Crippen LogP contribution in [-0.4, -0.2) is 36.1 Å². The lowest BCUT2D eigenvalue weighted by Gasteiger charge is -2.09. The smallest absolute Gasteiger partial charge is 0.335 e. The van der Waals surface area contributed by atoms with Gasteiger partial charge in [-0.3, -0.25) is 4.79 Å².